The lowest BCUT2D eigenvalue weighted by molar-refractivity contribution is -0.147. The molecule has 2 rings (SSSR count). The lowest BCUT2D eigenvalue weighted by Gasteiger charge is -2.27. The molecule has 0 spiro atoms. The minimum absolute atomic E-state index is 0.0182. The Morgan fingerprint density at radius 2 is 1.76 bits per heavy atom. The van der Waals surface area contributed by atoms with Crippen LogP contribution in [0.4, 0.5) is 0 Å². The van der Waals surface area contributed by atoms with Gasteiger partial charge in [-0.2, -0.15) is 0 Å². The molecule has 1 aromatic rings. The number of nitrogens with two attached hydrogens (primary N) is 1. The van der Waals surface area contributed by atoms with Crippen molar-refractivity contribution in [2.24, 2.45) is 11.7 Å². The zero-order valence-electron chi connectivity index (χ0n) is 12.2. The van der Waals surface area contributed by atoms with Gasteiger partial charge in [0.1, 0.15) is 0 Å². The monoisotopic (exact) mass is 291 g/mol. The highest BCUT2D eigenvalue weighted by Gasteiger charge is 2.27. The van der Waals surface area contributed by atoms with Crippen LogP contribution in [0.3, 0.4) is 0 Å². The van der Waals surface area contributed by atoms with Gasteiger partial charge in [0.2, 0.25) is 5.91 Å². The summed E-state index contributed by atoms with van der Waals surface area (Å²) in [7, 11) is 1.43. The van der Waals surface area contributed by atoms with E-state index in [1.54, 1.807) is 12.1 Å². The molecule has 5 heteroatoms. The average molecular weight is 291 g/mol. The molecule has 1 amide bonds. The van der Waals surface area contributed by atoms with E-state index < -0.39 is 5.91 Å². The quantitative estimate of drug-likeness (QED) is 0.842. The highest BCUT2D eigenvalue weighted by Crippen LogP contribution is 2.27. The van der Waals surface area contributed by atoms with Crippen molar-refractivity contribution in [1.29, 1.82) is 0 Å². The molecule has 0 radical (unpaired) electrons. The van der Waals surface area contributed by atoms with Crippen molar-refractivity contribution in [2.45, 2.75) is 38.4 Å². The molecule has 2 N–H and O–H groups in total. The van der Waals surface area contributed by atoms with Gasteiger partial charge >= 0.3 is 5.97 Å². The standard InChI is InChI=1S/C16H21NO4/c1-20-16(19)13-6-8-14(9-7-13)21-10-11-2-4-12(5-3-11)15(17)18/h2-5,13-14H,6-10H2,1H3,(H2,17,18). The molecular formula is C16H21NO4. The van der Waals surface area contributed by atoms with Gasteiger partial charge < -0.3 is 15.2 Å². The van der Waals surface area contributed by atoms with E-state index in [4.69, 9.17) is 15.2 Å². The fraction of sp³-hybridized carbons (Fsp3) is 0.500. The third-order valence-electron chi connectivity index (χ3n) is 3.93. The molecule has 0 aromatic heterocycles. The molecule has 0 unspecified atom stereocenters. The van der Waals surface area contributed by atoms with Gasteiger partial charge in [-0.15, -0.1) is 0 Å². The van der Waals surface area contributed by atoms with Crippen LogP contribution in [0, 0.1) is 5.92 Å². The van der Waals surface area contributed by atoms with Crippen LogP contribution in [-0.4, -0.2) is 25.1 Å². The first-order valence-corrected chi connectivity index (χ1v) is 7.18. The summed E-state index contributed by atoms with van der Waals surface area (Å²) in [4.78, 5) is 22.4. The number of hydrogen-bond donors (Lipinski definition) is 1. The molecule has 1 saturated carbocycles. The van der Waals surface area contributed by atoms with Crippen LogP contribution in [0.15, 0.2) is 24.3 Å². The minimum atomic E-state index is -0.427. The third kappa shape index (κ3) is 4.29. The predicted octanol–water partition coefficient (Wildman–Crippen LogP) is 2.03. The summed E-state index contributed by atoms with van der Waals surface area (Å²) in [5.74, 6) is -0.524. The number of methoxy groups -OCH3 is 1. The number of hydrogen-bond acceptors (Lipinski definition) is 4. The number of carbonyl (C=O) groups excluding carboxylic acids is 2. The van der Waals surface area contributed by atoms with Crippen molar-refractivity contribution in [3.63, 3.8) is 0 Å². The minimum Gasteiger partial charge on any atom is -0.469 e. The summed E-state index contributed by atoms with van der Waals surface area (Å²) < 4.78 is 10.6. The van der Waals surface area contributed by atoms with Crippen LogP contribution in [0.2, 0.25) is 0 Å². The largest absolute Gasteiger partial charge is 0.469 e. The molecule has 1 aromatic carbocycles. The first-order chi connectivity index (χ1) is 10.1. The Hall–Kier alpha value is -1.88. The van der Waals surface area contributed by atoms with Gasteiger partial charge in [0, 0.05) is 5.56 Å². The molecule has 0 bridgehead atoms. The van der Waals surface area contributed by atoms with E-state index in [-0.39, 0.29) is 18.0 Å². The summed E-state index contributed by atoms with van der Waals surface area (Å²) in [6, 6.07) is 7.10. The Balaban J connectivity index is 1.77. The van der Waals surface area contributed by atoms with Crippen molar-refractivity contribution < 1.29 is 19.1 Å². The SMILES string of the molecule is COC(=O)C1CCC(OCc2ccc(C(N)=O)cc2)CC1. The highest BCUT2D eigenvalue weighted by atomic mass is 16.5. The average Bonchev–Trinajstić information content (AvgIpc) is 2.53. The van der Waals surface area contributed by atoms with Crippen molar-refractivity contribution in [1.82, 2.24) is 0 Å². The maximum absolute atomic E-state index is 11.4. The van der Waals surface area contributed by atoms with Gasteiger partial charge in [0.15, 0.2) is 0 Å². The Bertz CT molecular complexity index is 490. The molecule has 0 aliphatic heterocycles. The van der Waals surface area contributed by atoms with E-state index in [2.05, 4.69) is 0 Å². The Labute approximate surface area is 124 Å². The molecule has 0 saturated heterocycles. The first kappa shape index (κ1) is 15.5. The van der Waals surface area contributed by atoms with Crippen molar-refractivity contribution in [3.05, 3.63) is 35.4 Å². The van der Waals surface area contributed by atoms with E-state index in [9.17, 15) is 9.59 Å². The van der Waals surface area contributed by atoms with Crippen LogP contribution in [-0.2, 0) is 20.9 Å². The lowest BCUT2D eigenvalue weighted by atomic mass is 9.87. The van der Waals surface area contributed by atoms with E-state index in [1.165, 1.54) is 7.11 Å². The van der Waals surface area contributed by atoms with Crippen molar-refractivity contribution in [3.8, 4) is 0 Å². The lowest BCUT2D eigenvalue weighted by Crippen LogP contribution is -2.26. The second-order valence-corrected chi connectivity index (χ2v) is 5.37. The Morgan fingerprint density at radius 3 is 2.29 bits per heavy atom. The van der Waals surface area contributed by atoms with E-state index in [0.29, 0.717) is 12.2 Å². The number of ether oxygens (including phenoxy) is 2. The topological polar surface area (TPSA) is 78.6 Å². The zero-order chi connectivity index (χ0) is 15.2. The van der Waals surface area contributed by atoms with Gasteiger partial charge in [-0.05, 0) is 43.4 Å². The van der Waals surface area contributed by atoms with Gasteiger partial charge in [0.05, 0.1) is 25.7 Å². The van der Waals surface area contributed by atoms with Crippen molar-refractivity contribution in [2.75, 3.05) is 7.11 Å². The van der Waals surface area contributed by atoms with Gasteiger partial charge in [-0.25, -0.2) is 0 Å². The number of amides is 1. The molecule has 114 valence electrons. The maximum atomic E-state index is 11.4. The van der Waals surface area contributed by atoms with Gasteiger partial charge in [-0.3, -0.25) is 9.59 Å². The number of esters is 1. The Kier molecular flexibility index (Phi) is 5.33. The fourth-order valence-electron chi connectivity index (χ4n) is 2.61. The second-order valence-electron chi connectivity index (χ2n) is 5.37. The molecule has 21 heavy (non-hydrogen) atoms. The smallest absolute Gasteiger partial charge is 0.308 e. The zero-order valence-corrected chi connectivity index (χ0v) is 12.2. The molecule has 1 aliphatic rings. The summed E-state index contributed by atoms with van der Waals surface area (Å²) in [6.45, 7) is 0.507. The van der Waals surface area contributed by atoms with Crippen LogP contribution >= 0.6 is 0 Å². The number of benzene rings is 1. The van der Waals surface area contributed by atoms with Gasteiger partial charge in [0.25, 0.3) is 0 Å². The molecule has 5 nitrogen and oxygen atoms in total. The molecule has 1 aliphatic carbocycles. The highest BCUT2D eigenvalue weighted by molar-refractivity contribution is 5.92. The van der Waals surface area contributed by atoms with E-state index in [1.807, 2.05) is 12.1 Å². The van der Waals surface area contributed by atoms with Crippen LogP contribution in [0.5, 0.6) is 0 Å². The van der Waals surface area contributed by atoms with Crippen LogP contribution < -0.4 is 5.73 Å². The number of primary amides is 1. The van der Waals surface area contributed by atoms with Crippen LogP contribution in [0.1, 0.15) is 41.6 Å². The molecule has 0 atom stereocenters. The van der Waals surface area contributed by atoms with Gasteiger partial charge in [-0.1, -0.05) is 12.1 Å². The normalized spacial score (nSPS) is 21.8. The van der Waals surface area contributed by atoms with E-state index in [0.717, 1.165) is 31.2 Å². The molecule has 1 fully saturated rings. The second kappa shape index (κ2) is 7.22. The Morgan fingerprint density at radius 1 is 1.14 bits per heavy atom. The predicted molar refractivity (Wildman–Crippen MR) is 77.5 cm³/mol. The summed E-state index contributed by atoms with van der Waals surface area (Å²) in [5.41, 5.74) is 6.70. The third-order valence-corrected chi connectivity index (χ3v) is 3.93. The summed E-state index contributed by atoms with van der Waals surface area (Å²) in [5, 5.41) is 0. The molecular weight excluding hydrogens is 270 g/mol. The maximum Gasteiger partial charge on any atom is 0.308 e. The fourth-order valence-corrected chi connectivity index (χ4v) is 2.61. The van der Waals surface area contributed by atoms with E-state index >= 15 is 0 Å². The van der Waals surface area contributed by atoms with Crippen molar-refractivity contribution >= 4 is 11.9 Å². The first-order valence-electron chi connectivity index (χ1n) is 7.18. The number of rotatable bonds is 5. The summed E-state index contributed by atoms with van der Waals surface area (Å²) >= 11 is 0. The van der Waals surface area contributed by atoms with Crippen LogP contribution in [0.25, 0.3) is 0 Å². The summed E-state index contributed by atoms with van der Waals surface area (Å²) in [6.07, 6.45) is 3.57. The molecule has 0 heterocycles. The number of carbonyl (C=O) groups is 2.